The van der Waals surface area contributed by atoms with E-state index in [0.29, 0.717) is 12.4 Å². The van der Waals surface area contributed by atoms with Crippen molar-refractivity contribution in [1.29, 1.82) is 0 Å². The Bertz CT molecular complexity index is 329. The van der Waals surface area contributed by atoms with E-state index in [4.69, 9.17) is 28.3 Å². The van der Waals surface area contributed by atoms with E-state index in [-0.39, 0.29) is 17.0 Å². The van der Waals surface area contributed by atoms with Gasteiger partial charge in [0.05, 0.1) is 0 Å². The summed E-state index contributed by atoms with van der Waals surface area (Å²) in [5.74, 6) is 2.29. The highest BCUT2D eigenvalue weighted by Gasteiger charge is 2.04. The zero-order valence-corrected chi connectivity index (χ0v) is 10.8. The van der Waals surface area contributed by atoms with Crippen molar-refractivity contribution in [3.63, 3.8) is 0 Å². The molecule has 0 saturated heterocycles. The van der Waals surface area contributed by atoms with Gasteiger partial charge in [-0.25, -0.2) is 0 Å². The SMILES string of the molecule is OCCCSCCNc1nc(Cl)nnc1Cl. The van der Waals surface area contributed by atoms with E-state index in [1.807, 2.05) is 0 Å². The summed E-state index contributed by atoms with van der Waals surface area (Å²) >= 11 is 13.1. The van der Waals surface area contributed by atoms with E-state index < -0.39 is 0 Å². The van der Waals surface area contributed by atoms with Crippen LogP contribution in [0.5, 0.6) is 0 Å². The summed E-state index contributed by atoms with van der Waals surface area (Å²) in [5, 5.41) is 19.0. The summed E-state index contributed by atoms with van der Waals surface area (Å²) < 4.78 is 0. The fraction of sp³-hybridized carbons (Fsp3) is 0.625. The van der Waals surface area contributed by atoms with Gasteiger partial charge in [0.2, 0.25) is 5.28 Å². The second-order valence-corrected chi connectivity index (χ2v) is 4.76. The molecule has 0 atom stereocenters. The number of anilines is 1. The lowest BCUT2D eigenvalue weighted by Gasteiger charge is -2.05. The Morgan fingerprint density at radius 3 is 2.81 bits per heavy atom. The van der Waals surface area contributed by atoms with Crippen molar-refractivity contribution in [1.82, 2.24) is 15.2 Å². The minimum absolute atomic E-state index is 0.0693. The molecule has 1 aromatic heterocycles. The van der Waals surface area contributed by atoms with Gasteiger partial charge >= 0.3 is 0 Å². The summed E-state index contributed by atoms with van der Waals surface area (Å²) in [6, 6.07) is 0. The van der Waals surface area contributed by atoms with Gasteiger partial charge in [-0.3, -0.25) is 0 Å². The molecule has 0 aliphatic carbocycles. The molecule has 0 bridgehead atoms. The van der Waals surface area contributed by atoms with Crippen LogP contribution in [0.4, 0.5) is 5.82 Å². The molecule has 0 unspecified atom stereocenters. The Labute approximate surface area is 108 Å². The molecule has 0 fully saturated rings. The van der Waals surface area contributed by atoms with Gasteiger partial charge in [-0.2, -0.15) is 16.7 Å². The number of thioether (sulfide) groups is 1. The molecule has 8 heteroatoms. The second-order valence-electron chi connectivity index (χ2n) is 2.84. The van der Waals surface area contributed by atoms with E-state index in [0.717, 1.165) is 17.9 Å². The molecule has 0 aromatic carbocycles. The maximum atomic E-state index is 8.58. The first-order chi connectivity index (χ1) is 7.74. The van der Waals surface area contributed by atoms with Crippen LogP contribution in [-0.4, -0.2) is 44.9 Å². The minimum Gasteiger partial charge on any atom is -0.396 e. The lowest BCUT2D eigenvalue weighted by molar-refractivity contribution is 0.296. The molecule has 0 aliphatic heterocycles. The number of rotatable bonds is 7. The molecule has 0 amide bonds. The van der Waals surface area contributed by atoms with Gasteiger partial charge in [-0.05, 0) is 23.8 Å². The molecule has 1 rings (SSSR count). The maximum absolute atomic E-state index is 8.58. The highest BCUT2D eigenvalue weighted by atomic mass is 35.5. The normalized spacial score (nSPS) is 10.4. The first-order valence-corrected chi connectivity index (χ1v) is 6.63. The number of aliphatic hydroxyl groups is 1. The third-order valence-corrected chi connectivity index (χ3v) is 3.09. The summed E-state index contributed by atoms with van der Waals surface area (Å²) in [7, 11) is 0. The van der Waals surface area contributed by atoms with Gasteiger partial charge in [0.1, 0.15) is 0 Å². The van der Waals surface area contributed by atoms with Crippen LogP contribution in [0, 0.1) is 0 Å². The maximum Gasteiger partial charge on any atom is 0.245 e. The standard InChI is InChI=1S/C8H12Cl2N4OS/c9-6-7(12-8(10)14-13-6)11-2-5-16-4-1-3-15/h15H,1-5H2,(H,11,12,14). The Kier molecular flexibility index (Phi) is 6.79. The zero-order chi connectivity index (χ0) is 11.8. The summed E-state index contributed by atoms with van der Waals surface area (Å²) in [6.45, 7) is 0.947. The van der Waals surface area contributed by atoms with Crippen LogP contribution in [-0.2, 0) is 0 Å². The molecule has 1 aromatic rings. The number of hydrogen-bond acceptors (Lipinski definition) is 6. The first kappa shape index (κ1) is 13.8. The summed E-state index contributed by atoms with van der Waals surface area (Å²) in [6.07, 6.45) is 0.812. The van der Waals surface area contributed by atoms with Crippen LogP contribution in [0.1, 0.15) is 6.42 Å². The van der Waals surface area contributed by atoms with Crippen molar-refractivity contribution in [3.05, 3.63) is 10.4 Å². The van der Waals surface area contributed by atoms with E-state index in [1.165, 1.54) is 0 Å². The lowest BCUT2D eigenvalue weighted by atomic mass is 10.5. The van der Waals surface area contributed by atoms with Crippen molar-refractivity contribution in [2.45, 2.75) is 6.42 Å². The first-order valence-electron chi connectivity index (χ1n) is 4.72. The predicted octanol–water partition coefficient (Wildman–Crippen LogP) is 1.71. The van der Waals surface area contributed by atoms with Crippen molar-refractivity contribution in [3.8, 4) is 0 Å². The van der Waals surface area contributed by atoms with Crippen molar-refractivity contribution >= 4 is 40.8 Å². The second kappa shape index (κ2) is 7.89. The number of aliphatic hydroxyl groups excluding tert-OH is 1. The summed E-state index contributed by atoms with van der Waals surface area (Å²) in [5.41, 5.74) is 0. The van der Waals surface area contributed by atoms with Crippen LogP contribution < -0.4 is 5.32 Å². The molecular formula is C8H12Cl2N4OS. The molecule has 90 valence electrons. The van der Waals surface area contributed by atoms with Gasteiger partial charge in [0.15, 0.2) is 11.0 Å². The molecule has 0 radical (unpaired) electrons. The molecule has 1 heterocycles. The number of nitrogens with zero attached hydrogens (tertiary/aromatic N) is 3. The fourth-order valence-corrected chi connectivity index (χ4v) is 1.97. The third kappa shape index (κ3) is 5.16. The molecular weight excluding hydrogens is 271 g/mol. The summed E-state index contributed by atoms with van der Waals surface area (Å²) in [4.78, 5) is 3.91. The Morgan fingerprint density at radius 2 is 2.06 bits per heavy atom. The van der Waals surface area contributed by atoms with Gasteiger partial charge in [0.25, 0.3) is 0 Å². The highest BCUT2D eigenvalue weighted by molar-refractivity contribution is 7.99. The van der Waals surface area contributed by atoms with Gasteiger partial charge in [-0.1, -0.05) is 11.6 Å². The lowest BCUT2D eigenvalue weighted by Crippen LogP contribution is -2.08. The van der Waals surface area contributed by atoms with Crippen LogP contribution in [0.2, 0.25) is 10.4 Å². The minimum atomic E-state index is 0.0693. The third-order valence-electron chi connectivity index (χ3n) is 1.61. The molecule has 0 spiro atoms. The van der Waals surface area contributed by atoms with E-state index in [9.17, 15) is 0 Å². The number of halogens is 2. The van der Waals surface area contributed by atoms with Gasteiger partial charge in [-0.15, -0.1) is 10.2 Å². The van der Waals surface area contributed by atoms with Gasteiger partial charge < -0.3 is 10.4 Å². The number of nitrogens with one attached hydrogen (secondary N) is 1. The quantitative estimate of drug-likeness (QED) is 0.742. The molecule has 0 saturated carbocycles. The highest BCUT2D eigenvalue weighted by Crippen LogP contribution is 2.16. The fourth-order valence-electron chi connectivity index (χ4n) is 0.916. The topological polar surface area (TPSA) is 70.9 Å². The molecule has 2 N–H and O–H groups in total. The van der Waals surface area contributed by atoms with Crippen LogP contribution >= 0.6 is 35.0 Å². The number of aromatic nitrogens is 3. The van der Waals surface area contributed by atoms with Crippen molar-refractivity contribution < 1.29 is 5.11 Å². The van der Waals surface area contributed by atoms with Crippen LogP contribution in [0.3, 0.4) is 0 Å². The molecule has 5 nitrogen and oxygen atoms in total. The van der Waals surface area contributed by atoms with Crippen LogP contribution in [0.15, 0.2) is 0 Å². The smallest absolute Gasteiger partial charge is 0.245 e. The largest absolute Gasteiger partial charge is 0.396 e. The predicted molar refractivity (Wildman–Crippen MR) is 67.4 cm³/mol. The van der Waals surface area contributed by atoms with Crippen molar-refractivity contribution in [2.75, 3.05) is 30.0 Å². The molecule has 0 aliphatic rings. The average molecular weight is 283 g/mol. The van der Waals surface area contributed by atoms with E-state index in [1.54, 1.807) is 11.8 Å². The van der Waals surface area contributed by atoms with E-state index >= 15 is 0 Å². The van der Waals surface area contributed by atoms with Gasteiger partial charge in [0, 0.05) is 18.9 Å². The monoisotopic (exact) mass is 282 g/mol. The Balaban J connectivity index is 2.23. The van der Waals surface area contributed by atoms with Crippen LogP contribution in [0.25, 0.3) is 0 Å². The Hall–Kier alpha value is -0.300. The van der Waals surface area contributed by atoms with Crippen molar-refractivity contribution in [2.24, 2.45) is 0 Å². The zero-order valence-electron chi connectivity index (χ0n) is 8.49. The number of hydrogen-bond donors (Lipinski definition) is 2. The van der Waals surface area contributed by atoms with E-state index in [2.05, 4.69) is 20.5 Å². The Morgan fingerprint density at radius 1 is 1.25 bits per heavy atom. The molecule has 16 heavy (non-hydrogen) atoms. The average Bonchev–Trinajstić information content (AvgIpc) is 2.28.